The van der Waals surface area contributed by atoms with E-state index in [1.54, 1.807) is 39.8 Å². The molecule has 0 aromatic carbocycles. The SMILES string of the molecule is C=C(C)O[C@@H]1C[C@H]2C(=O)N[C@]3(C(=O)NS(=O)(=O)C4CC4)C[C@H]3/C=C\COCCC[C@H](NC(=O)OC(C)(C)C)C(=O)N2C1. The number of amides is 4. The van der Waals surface area contributed by atoms with Gasteiger partial charge in [-0.25, -0.2) is 13.2 Å². The fourth-order valence-electron chi connectivity index (χ4n) is 5.29. The van der Waals surface area contributed by atoms with Crippen molar-refractivity contribution in [2.75, 3.05) is 19.8 Å². The van der Waals surface area contributed by atoms with Gasteiger partial charge in [0.1, 0.15) is 29.3 Å². The summed E-state index contributed by atoms with van der Waals surface area (Å²) >= 11 is 0. The summed E-state index contributed by atoms with van der Waals surface area (Å²) in [6, 6.07) is -2.06. The lowest BCUT2D eigenvalue weighted by molar-refractivity contribution is -0.141. The first-order valence-electron chi connectivity index (χ1n) is 14.4. The van der Waals surface area contributed by atoms with Crippen molar-refractivity contribution in [2.24, 2.45) is 5.92 Å². The molecule has 2 aliphatic heterocycles. The minimum absolute atomic E-state index is 0.0470. The average molecular weight is 611 g/mol. The van der Waals surface area contributed by atoms with Crippen LogP contribution >= 0.6 is 0 Å². The molecule has 0 radical (unpaired) electrons. The van der Waals surface area contributed by atoms with Crippen LogP contribution in [0.25, 0.3) is 0 Å². The molecule has 3 N–H and O–H groups in total. The van der Waals surface area contributed by atoms with E-state index in [0.717, 1.165) is 0 Å². The van der Waals surface area contributed by atoms with Crippen molar-refractivity contribution in [1.29, 1.82) is 0 Å². The number of rotatable bonds is 6. The molecule has 4 aliphatic rings. The van der Waals surface area contributed by atoms with Gasteiger partial charge in [-0.15, -0.1) is 0 Å². The van der Waals surface area contributed by atoms with Crippen LogP contribution < -0.4 is 15.4 Å². The summed E-state index contributed by atoms with van der Waals surface area (Å²) in [6.07, 6.45) is 4.06. The maximum atomic E-state index is 13.9. The van der Waals surface area contributed by atoms with Gasteiger partial charge in [0, 0.05) is 18.9 Å². The van der Waals surface area contributed by atoms with Gasteiger partial charge in [-0.2, -0.15) is 0 Å². The molecule has 3 fully saturated rings. The second-order valence-electron chi connectivity index (χ2n) is 12.5. The zero-order chi connectivity index (χ0) is 30.9. The van der Waals surface area contributed by atoms with Crippen LogP contribution in [0, 0.1) is 5.92 Å². The molecule has 234 valence electrons. The minimum Gasteiger partial charge on any atom is -0.494 e. The zero-order valence-corrected chi connectivity index (χ0v) is 25.5. The van der Waals surface area contributed by atoms with Gasteiger partial charge in [0.15, 0.2) is 0 Å². The molecule has 4 rings (SSSR count). The highest BCUT2D eigenvalue weighted by molar-refractivity contribution is 7.91. The van der Waals surface area contributed by atoms with E-state index in [0.29, 0.717) is 31.6 Å². The molecule has 42 heavy (non-hydrogen) atoms. The number of alkyl carbamates (subject to hydrolysis) is 1. The zero-order valence-electron chi connectivity index (χ0n) is 24.6. The summed E-state index contributed by atoms with van der Waals surface area (Å²) in [5.74, 6) is -1.99. The maximum Gasteiger partial charge on any atom is 0.408 e. The number of fused-ring (bicyclic) bond motifs is 2. The Morgan fingerprint density at radius 2 is 1.93 bits per heavy atom. The average Bonchev–Trinajstić information content (AvgIpc) is 3.78. The number of nitrogens with zero attached hydrogens (tertiary/aromatic N) is 1. The molecular formula is C28H42N4O9S. The Kier molecular flexibility index (Phi) is 9.26. The minimum atomic E-state index is -3.86. The number of sulfonamides is 1. The van der Waals surface area contributed by atoms with E-state index in [1.165, 1.54) is 4.90 Å². The van der Waals surface area contributed by atoms with E-state index in [-0.39, 0.29) is 32.4 Å². The van der Waals surface area contributed by atoms with Crippen molar-refractivity contribution >= 4 is 33.8 Å². The molecule has 5 atom stereocenters. The first kappa shape index (κ1) is 31.8. The monoisotopic (exact) mass is 610 g/mol. The molecule has 2 heterocycles. The lowest BCUT2D eigenvalue weighted by Gasteiger charge is -2.30. The van der Waals surface area contributed by atoms with E-state index in [2.05, 4.69) is 21.9 Å². The van der Waals surface area contributed by atoms with E-state index in [4.69, 9.17) is 14.2 Å². The predicted octanol–water partition coefficient (Wildman–Crippen LogP) is 1.25. The second-order valence-corrected chi connectivity index (χ2v) is 14.4. The Morgan fingerprint density at radius 3 is 2.57 bits per heavy atom. The number of hydrogen-bond donors (Lipinski definition) is 3. The van der Waals surface area contributed by atoms with Gasteiger partial charge in [-0.3, -0.25) is 19.1 Å². The van der Waals surface area contributed by atoms with Crippen LogP contribution in [-0.4, -0.2) is 91.5 Å². The molecule has 14 heteroatoms. The van der Waals surface area contributed by atoms with E-state index < -0.39 is 74.3 Å². The van der Waals surface area contributed by atoms with E-state index in [9.17, 15) is 27.6 Å². The molecule has 0 bridgehead atoms. The molecule has 2 aliphatic carbocycles. The Hall–Kier alpha value is -3.13. The molecule has 4 amide bonds. The Morgan fingerprint density at radius 1 is 1.21 bits per heavy atom. The van der Waals surface area contributed by atoms with Crippen molar-refractivity contribution in [2.45, 2.75) is 101 Å². The van der Waals surface area contributed by atoms with Crippen LogP contribution in [0.5, 0.6) is 0 Å². The fraction of sp³-hybridized carbons (Fsp3) is 0.714. The molecule has 13 nitrogen and oxygen atoms in total. The summed E-state index contributed by atoms with van der Waals surface area (Å²) in [5, 5.41) is 4.81. The third kappa shape index (κ3) is 7.82. The third-order valence-corrected chi connectivity index (χ3v) is 9.35. The molecule has 0 aromatic rings. The number of hydrogen-bond acceptors (Lipinski definition) is 9. The van der Waals surface area contributed by atoms with Crippen LogP contribution in [0.2, 0.25) is 0 Å². The van der Waals surface area contributed by atoms with Crippen molar-refractivity contribution in [3.05, 3.63) is 24.5 Å². The topological polar surface area (TPSA) is 169 Å². The van der Waals surface area contributed by atoms with Crippen LogP contribution in [0.15, 0.2) is 24.5 Å². The molecule has 0 spiro atoms. The van der Waals surface area contributed by atoms with Crippen molar-refractivity contribution in [3.63, 3.8) is 0 Å². The fourth-order valence-corrected chi connectivity index (χ4v) is 6.66. The Bertz CT molecular complexity index is 1240. The van der Waals surface area contributed by atoms with Crippen molar-refractivity contribution in [3.8, 4) is 0 Å². The first-order chi connectivity index (χ1) is 19.6. The predicted molar refractivity (Wildman–Crippen MR) is 151 cm³/mol. The highest BCUT2D eigenvalue weighted by Gasteiger charge is 2.62. The molecule has 0 aromatic heterocycles. The van der Waals surface area contributed by atoms with Gasteiger partial charge in [0.25, 0.3) is 5.91 Å². The highest BCUT2D eigenvalue weighted by atomic mass is 32.2. The van der Waals surface area contributed by atoms with Gasteiger partial charge in [-0.05, 0) is 59.8 Å². The smallest absolute Gasteiger partial charge is 0.408 e. The van der Waals surface area contributed by atoms with Gasteiger partial charge >= 0.3 is 6.09 Å². The van der Waals surface area contributed by atoms with Crippen LogP contribution in [-0.2, 0) is 38.6 Å². The summed E-state index contributed by atoms with van der Waals surface area (Å²) in [7, 11) is -3.86. The van der Waals surface area contributed by atoms with Gasteiger partial charge < -0.3 is 29.7 Å². The molecule has 1 saturated heterocycles. The molecule has 2 saturated carbocycles. The quantitative estimate of drug-likeness (QED) is 0.296. The lowest BCUT2D eigenvalue weighted by atomic mass is 10.1. The Labute approximate surface area is 246 Å². The second kappa shape index (κ2) is 12.2. The number of nitrogens with one attached hydrogen (secondary N) is 3. The van der Waals surface area contributed by atoms with Gasteiger partial charge in [-0.1, -0.05) is 18.7 Å². The van der Waals surface area contributed by atoms with Crippen molar-refractivity contribution < 1.29 is 41.8 Å². The van der Waals surface area contributed by atoms with Gasteiger partial charge in [0.05, 0.1) is 24.2 Å². The third-order valence-electron chi connectivity index (χ3n) is 7.53. The number of carbonyl (C=O) groups is 4. The maximum absolute atomic E-state index is 13.9. The standard InChI is InChI=1S/C28H42N4O9S/c1-17(2)40-19-14-22-23(33)30-28(25(35)31-42(37,38)20-10-11-20)15-18(28)8-6-12-39-13-7-9-21(24(34)32(22)16-19)29-26(36)41-27(3,4)5/h6,8,18-22H,1,7,9-16H2,2-5H3,(H,29,36)(H,30,33)(H,31,35)/b8-6-/t18-,19-,21+,22+,28-/m1/s1. The first-order valence-corrected chi connectivity index (χ1v) is 15.9. The van der Waals surface area contributed by atoms with Crippen LogP contribution in [0.4, 0.5) is 4.79 Å². The van der Waals surface area contributed by atoms with E-state index in [1.807, 2.05) is 0 Å². The lowest BCUT2D eigenvalue weighted by Crippen LogP contribution is -2.58. The summed E-state index contributed by atoms with van der Waals surface area (Å²) in [6.45, 7) is 11.1. The van der Waals surface area contributed by atoms with Crippen LogP contribution in [0.1, 0.15) is 66.2 Å². The number of ether oxygens (including phenoxy) is 3. The largest absolute Gasteiger partial charge is 0.494 e. The number of carbonyl (C=O) groups excluding carboxylic acids is 4. The summed E-state index contributed by atoms with van der Waals surface area (Å²) in [5.41, 5.74) is -2.28. The van der Waals surface area contributed by atoms with E-state index >= 15 is 0 Å². The van der Waals surface area contributed by atoms with Gasteiger partial charge in [0.2, 0.25) is 21.8 Å². The molecular weight excluding hydrogens is 568 g/mol. The van der Waals surface area contributed by atoms with Crippen molar-refractivity contribution in [1.82, 2.24) is 20.3 Å². The highest BCUT2D eigenvalue weighted by Crippen LogP contribution is 2.46. The summed E-state index contributed by atoms with van der Waals surface area (Å²) in [4.78, 5) is 55.0. The molecule has 0 unspecified atom stereocenters. The summed E-state index contributed by atoms with van der Waals surface area (Å²) < 4.78 is 44.1. The normalized spacial score (nSPS) is 31.3. The number of allylic oxidation sites excluding steroid dienone is 1. The Balaban J connectivity index is 1.61. The van der Waals surface area contributed by atoms with Crippen LogP contribution in [0.3, 0.4) is 0 Å².